The molecule has 6 rings (SSSR count). The minimum absolute atomic E-state index is 0.0903. The molecule has 0 aliphatic heterocycles. The van der Waals surface area contributed by atoms with Crippen LogP contribution in [0.25, 0.3) is 27.8 Å². The van der Waals surface area contributed by atoms with Gasteiger partial charge in [-0.2, -0.15) is 0 Å². The minimum atomic E-state index is -0.482. The molecule has 0 aliphatic carbocycles. The molecule has 6 aromatic rings. The summed E-state index contributed by atoms with van der Waals surface area (Å²) in [4.78, 5) is 46.1. The van der Waals surface area contributed by atoms with Crippen molar-refractivity contribution >= 4 is 69.1 Å². The highest BCUT2D eigenvalue weighted by Crippen LogP contribution is 2.30. The lowest BCUT2D eigenvalue weighted by Gasteiger charge is -2.14. The summed E-state index contributed by atoms with van der Waals surface area (Å²) < 4.78 is 0. The van der Waals surface area contributed by atoms with Crippen LogP contribution in [0.1, 0.15) is 22.8 Å². The number of thioether (sulfide) groups is 1. The predicted octanol–water partition coefficient (Wildman–Crippen LogP) is 9.07. The Labute approximate surface area is 290 Å². The summed E-state index contributed by atoms with van der Waals surface area (Å²) in [5, 5.41) is 12.6. The summed E-state index contributed by atoms with van der Waals surface area (Å²) in [6, 6.07) is 37.7. The van der Waals surface area contributed by atoms with E-state index in [0.29, 0.717) is 16.4 Å². The van der Waals surface area contributed by atoms with Crippen LogP contribution in [0.2, 0.25) is 0 Å². The van der Waals surface area contributed by atoms with Crippen LogP contribution in [0, 0.1) is 0 Å². The van der Waals surface area contributed by atoms with E-state index in [0.717, 1.165) is 32.2 Å². The molecular formula is C38H30N4O3S3. The van der Waals surface area contributed by atoms with Gasteiger partial charge in [-0.05, 0) is 71.5 Å². The Morgan fingerprint density at radius 2 is 1.50 bits per heavy atom. The van der Waals surface area contributed by atoms with Gasteiger partial charge in [0.05, 0.1) is 15.8 Å². The lowest BCUT2D eigenvalue weighted by atomic mass is 10.0. The first-order chi connectivity index (χ1) is 23.4. The molecule has 10 heteroatoms. The molecule has 0 saturated heterocycles. The standard InChI is InChI=1S/C38H30N4O3S3/c1-25(35(43)42-38-41-33(24-47-38)34-16-9-21-46-34)48-31-15-8-14-30(23-31)39-37(45)32(40-36(44)29-12-6-3-7-13-29)22-26-17-19-28(20-18-26)27-10-4-2-5-11-27/h2-25H,1H3,(H,39,45)(H,40,44)(H,41,42,43)/b32-22+. The highest BCUT2D eigenvalue weighted by molar-refractivity contribution is 8.00. The molecule has 0 bridgehead atoms. The molecule has 0 spiro atoms. The van der Waals surface area contributed by atoms with Crippen LogP contribution in [-0.4, -0.2) is 28.0 Å². The Morgan fingerprint density at radius 1 is 0.771 bits per heavy atom. The van der Waals surface area contributed by atoms with Crippen LogP contribution in [0.15, 0.2) is 143 Å². The number of carbonyl (C=O) groups excluding carboxylic acids is 3. The van der Waals surface area contributed by atoms with Gasteiger partial charge in [0.25, 0.3) is 11.8 Å². The number of thiazole rings is 1. The number of amides is 3. The fourth-order valence-electron chi connectivity index (χ4n) is 4.69. The van der Waals surface area contributed by atoms with E-state index >= 15 is 0 Å². The van der Waals surface area contributed by atoms with Gasteiger partial charge in [-0.15, -0.1) is 34.4 Å². The van der Waals surface area contributed by atoms with E-state index < -0.39 is 17.1 Å². The maximum atomic E-state index is 13.6. The molecule has 2 heterocycles. The highest BCUT2D eigenvalue weighted by Gasteiger charge is 2.18. The molecule has 4 aromatic carbocycles. The Bertz CT molecular complexity index is 2040. The van der Waals surface area contributed by atoms with Crippen molar-refractivity contribution < 1.29 is 14.4 Å². The van der Waals surface area contributed by atoms with Crippen molar-refractivity contribution in [3.8, 4) is 21.7 Å². The Kier molecular flexibility index (Phi) is 10.6. The summed E-state index contributed by atoms with van der Waals surface area (Å²) in [5.74, 6) is -1.05. The number of anilines is 2. The number of aromatic nitrogens is 1. The van der Waals surface area contributed by atoms with E-state index in [1.807, 2.05) is 103 Å². The Hall–Kier alpha value is -5.29. The Morgan fingerprint density at radius 3 is 2.23 bits per heavy atom. The lowest BCUT2D eigenvalue weighted by molar-refractivity contribution is -0.115. The van der Waals surface area contributed by atoms with Gasteiger partial charge in [-0.25, -0.2) is 4.98 Å². The van der Waals surface area contributed by atoms with E-state index in [1.165, 1.54) is 23.1 Å². The number of nitrogens with one attached hydrogen (secondary N) is 3. The molecule has 7 nitrogen and oxygen atoms in total. The smallest absolute Gasteiger partial charge is 0.272 e. The highest BCUT2D eigenvalue weighted by atomic mass is 32.2. The maximum absolute atomic E-state index is 13.6. The van der Waals surface area contributed by atoms with Gasteiger partial charge in [0.1, 0.15) is 5.70 Å². The summed E-state index contributed by atoms with van der Waals surface area (Å²) >= 11 is 4.35. The SMILES string of the molecule is CC(Sc1cccc(NC(=O)/C(=C\c2ccc(-c3ccccc3)cc2)NC(=O)c2ccccc2)c1)C(=O)Nc1nc(-c2cccs2)cs1. The first kappa shape index (κ1) is 32.6. The molecule has 238 valence electrons. The van der Waals surface area contributed by atoms with Gasteiger partial charge in [0.2, 0.25) is 5.91 Å². The number of hydrogen-bond acceptors (Lipinski definition) is 7. The molecular weight excluding hydrogens is 657 g/mol. The second-order valence-electron chi connectivity index (χ2n) is 10.6. The predicted molar refractivity (Wildman–Crippen MR) is 198 cm³/mol. The lowest BCUT2D eigenvalue weighted by Crippen LogP contribution is -2.30. The first-order valence-electron chi connectivity index (χ1n) is 15.0. The number of nitrogens with zero attached hydrogens (tertiary/aromatic N) is 1. The largest absolute Gasteiger partial charge is 0.321 e. The van der Waals surface area contributed by atoms with Gasteiger partial charge >= 0.3 is 0 Å². The van der Waals surface area contributed by atoms with Crippen molar-refractivity contribution in [2.75, 3.05) is 10.6 Å². The molecule has 1 unspecified atom stereocenters. The van der Waals surface area contributed by atoms with Gasteiger partial charge in [0.15, 0.2) is 5.13 Å². The minimum Gasteiger partial charge on any atom is -0.321 e. The fourth-order valence-corrected chi connectivity index (χ4v) is 7.09. The van der Waals surface area contributed by atoms with E-state index in [1.54, 1.807) is 53.8 Å². The van der Waals surface area contributed by atoms with Crippen molar-refractivity contribution in [2.24, 2.45) is 0 Å². The first-order valence-corrected chi connectivity index (χ1v) is 17.7. The van der Waals surface area contributed by atoms with E-state index in [4.69, 9.17) is 0 Å². The second kappa shape index (κ2) is 15.5. The van der Waals surface area contributed by atoms with Crippen molar-refractivity contribution in [1.29, 1.82) is 0 Å². The van der Waals surface area contributed by atoms with Crippen molar-refractivity contribution in [3.05, 3.63) is 149 Å². The van der Waals surface area contributed by atoms with Gasteiger partial charge in [-0.3, -0.25) is 14.4 Å². The van der Waals surface area contributed by atoms with Crippen LogP contribution in [-0.2, 0) is 9.59 Å². The molecule has 3 N–H and O–H groups in total. The summed E-state index contributed by atoms with van der Waals surface area (Å²) in [7, 11) is 0. The monoisotopic (exact) mass is 686 g/mol. The number of thiophene rings is 1. The average molecular weight is 687 g/mol. The molecule has 0 fully saturated rings. The topological polar surface area (TPSA) is 100 Å². The average Bonchev–Trinajstić information content (AvgIpc) is 3.82. The van der Waals surface area contributed by atoms with Crippen LogP contribution in [0.5, 0.6) is 0 Å². The summed E-state index contributed by atoms with van der Waals surface area (Å²) in [5.41, 5.74) is 4.76. The zero-order valence-corrected chi connectivity index (χ0v) is 28.2. The summed E-state index contributed by atoms with van der Waals surface area (Å²) in [6.45, 7) is 1.82. The normalized spacial score (nSPS) is 11.8. The van der Waals surface area contributed by atoms with Crippen molar-refractivity contribution in [1.82, 2.24) is 10.3 Å². The quantitative estimate of drug-likeness (QED) is 0.0933. The number of rotatable bonds is 11. The fraction of sp³-hybridized carbons (Fsp3) is 0.0526. The third-order valence-electron chi connectivity index (χ3n) is 7.14. The molecule has 1 atom stereocenters. The molecule has 0 aliphatic rings. The zero-order valence-electron chi connectivity index (χ0n) is 25.8. The third kappa shape index (κ3) is 8.54. The van der Waals surface area contributed by atoms with Crippen LogP contribution in [0.3, 0.4) is 0 Å². The van der Waals surface area contributed by atoms with E-state index in [-0.39, 0.29) is 11.6 Å². The molecule has 0 saturated carbocycles. The van der Waals surface area contributed by atoms with Gasteiger partial charge < -0.3 is 16.0 Å². The van der Waals surface area contributed by atoms with Crippen LogP contribution in [0.4, 0.5) is 10.8 Å². The van der Waals surface area contributed by atoms with E-state index in [9.17, 15) is 14.4 Å². The van der Waals surface area contributed by atoms with Crippen LogP contribution < -0.4 is 16.0 Å². The number of benzene rings is 4. The maximum Gasteiger partial charge on any atom is 0.272 e. The molecule has 2 aromatic heterocycles. The summed E-state index contributed by atoms with van der Waals surface area (Å²) in [6.07, 6.45) is 1.65. The van der Waals surface area contributed by atoms with Gasteiger partial charge in [0, 0.05) is 21.5 Å². The second-order valence-corrected chi connectivity index (χ2v) is 13.8. The number of hydrogen-bond donors (Lipinski definition) is 3. The van der Waals surface area contributed by atoms with Crippen molar-refractivity contribution in [3.63, 3.8) is 0 Å². The zero-order chi connectivity index (χ0) is 33.3. The van der Waals surface area contributed by atoms with Gasteiger partial charge in [-0.1, -0.05) is 84.9 Å². The third-order valence-corrected chi connectivity index (χ3v) is 9.88. The molecule has 0 radical (unpaired) electrons. The van der Waals surface area contributed by atoms with Crippen molar-refractivity contribution in [2.45, 2.75) is 17.1 Å². The molecule has 48 heavy (non-hydrogen) atoms. The van der Waals surface area contributed by atoms with Crippen LogP contribution >= 0.6 is 34.4 Å². The Balaban J connectivity index is 1.15. The molecule has 3 amide bonds. The number of carbonyl (C=O) groups is 3. The van der Waals surface area contributed by atoms with E-state index in [2.05, 4.69) is 20.9 Å².